The van der Waals surface area contributed by atoms with Crippen molar-refractivity contribution in [3.8, 4) is 5.75 Å². The summed E-state index contributed by atoms with van der Waals surface area (Å²) in [4.78, 5) is 40.6. The van der Waals surface area contributed by atoms with E-state index in [0.717, 1.165) is 38.5 Å². The highest BCUT2D eigenvalue weighted by Crippen LogP contribution is 2.18. The molecule has 0 aliphatic heterocycles. The number of nitrogens with zero attached hydrogens (tertiary/aromatic N) is 1. The predicted octanol–water partition coefficient (Wildman–Crippen LogP) is 5.24. The summed E-state index contributed by atoms with van der Waals surface area (Å²) in [6.07, 6.45) is 14.5. The number of nitrogens with one attached hydrogen (secondary N) is 1. The van der Waals surface area contributed by atoms with Gasteiger partial charge in [0.05, 0.1) is 25.9 Å². The Hall–Kier alpha value is -2.64. The van der Waals surface area contributed by atoms with Crippen molar-refractivity contribution in [2.24, 2.45) is 0 Å². The van der Waals surface area contributed by atoms with Gasteiger partial charge in [-0.25, -0.2) is 9.78 Å². The minimum absolute atomic E-state index is 0.0151. The highest BCUT2D eigenvalue weighted by atomic mass is 16.5. The number of ether oxygens (including phenoxy) is 3. The third-order valence-electron chi connectivity index (χ3n) is 5.41. The molecule has 34 heavy (non-hydrogen) atoms. The Morgan fingerprint density at radius 2 is 1.38 bits per heavy atom. The van der Waals surface area contributed by atoms with Crippen LogP contribution in [0.2, 0.25) is 0 Å². The van der Waals surface area contributed by atoms with Gasteiger partial charge in [0.25, 0.3) is 5.91 Å². The van der Waals surface area contributed by atoms with Gasteiger partial charge in [-0.05, 0) is 18.9 Å². The molecule has 0 fully saturated rings. The van der Waals surface area contributed by atoms with E-state index in [1.54, 1.807) is 0 Å². The van der Waals surface area contributed by atoms with Gasteiger partial charge in [-0.1, -0.05) is 78.1 Å². The SMILES string of the molecule is CCCCCCCCOC(=O)CNC(=O)c1ncc(C(=O)OCCCCCCCC)cc1OC. The average molecular weight is 479 g/mol. The Morgan fingerprint density at radius 3 is 1.97 bits per heavy atom. The van der Waals surface area contributed by atoms with Crippen LogP contribution in [0.3, 0.4) is 0 Å². The van der Waals surface area contributed by atoms with E-state index in [-0.39, 0.29) is 23.6 Å². The van der Waals surface area contributed by atoms with Crippen molar-refractivity contribution in [1.82, 2.24) is 10.3 Å². The lowest BCUT2D eigenvalue weighted by Gasteiger charge is -2.10. The number of methoxy groups -OCH3 is 1. The van der Waals surface area contributed by atoms with Crippen LogP contribution in [0, 0.1) is 0 Å². The first-order chi connectivity index (χ1) is 16.5. The summed E-state index contributed by atoms with van der Waals surface area (Å²) >= 11 is 0. The maximum atomic E-state index is 12.4. The Kier molecular flexibility index (Phi) is 16.2. The molecular formula is C26H42N2O6. The van der Waals surface area contributed by atoms with E-state index in [4.69, 9.17) is 14.2 Å². The van der Waals surface area contributed by atoms with Gasteiger partial charge in [0.2, 0.25) is 0 Å². The Labute approximate surface area is 204 Å². The molecule has 0 saturated heterocycles. The second-order valence-electron chi connectivity index (χ2n) is 8.35. The molecule has 0 bridgehead atoms. The molecule has 0 aliphatic carbocycles. The molecule has 1 aromatic rings. The van der Waals surface area contributed by atoms with Crippen molar-refractivity contribution in [3.63, 3.8) is 0 Å². The molecule has 1 N–H and O–H groups in total. The van der Waals surface area contributed by atoms with Crippen molar-refractivity contribution in [2.75, 3.05) is 26.9 Å². The molecule has 1 aromatic heterocycles. The van der Waals surface area contributed by atoms with E-state index in [0.29, 0.717) is 13.2 Å². The zero-order valence-corrected chi connectivity index (χ0v) is 21.2. The number of rotatable bonds is 19. The van der Waals surface area contributed by atoms with Crippen LogP contribution in [0.4, 0.5) is 0 Å². The fourth-order valence-electron chi connectivity index (χ4n) is 3.37. The molecular weight excluding hydrogens is 436 g/mol. The number of pyridine rings is 1. The zero-order chi connectivity index (χ0) is 25.0. The van der Waals surface area contributed by atoms with Gasteiger partial charge in [-0.3, -0.25) is 9.59 Å². The molecule has 1 heterocycles. The monoisotopic (exact) mass is 478 g/mol. The standard InChI is InChI=1S/C26H42N2O6/c1-4-6-8-10-12-14-16-33-23(29)20-28-25(30)24-22(32-3)18-21(19-27-24)26(31)34-17-15-13-11-9-7-5-2/h18-19H,4-17,20H2,1-3H3,(H,28,30). The van der Waals surface area contributed by atoms with Crippen LogP contribution in [-0.2, 0) is 14.3 Å². The van der Waals surface area contributed by atoms with Crippen molar-refractivity contribution < 1.29 is 28.6 Å². The molecule has 8 heteroatoms. The maximum Gasteiger partial charge on any atom is 0.339 e. The second kappa shape index (κ2) is 18.7. The van der Waals surface area contributed by atoms with Crippen LogP contribution >= 0.6 is 0 Å². The lowest BCUT2D eigenvalue weighted by molar-refractivity contribution is -0.142. The van der Waals surface area contributed by atoms with E-state index >= 15 is 0 Å². The molecule has 1 amide bonds. The van der Waals surface area contributed by atoms with Gasteiger partial charge in [-0.15, -0.1) is 0 Å². The van der Waals surface area contributed by atoms with E-state index in [9.17, 15) is 14.4 Å². The molecule has 192 valence electrons. The number of carbonyl (C=O) groups is 3. The molecule has 0 aliphatic rings. The van der Waals surface area contributed by atoms with Gasteiger partial charge in [0.15, 0.2) is 11.4 Å². The van der Waals surface area contributed by atoms with Gasteiger partial charge in [0, 0.05) is 6.20 Å². The number of carbonyl (C=O) groups excluding carboxylic acids is 3. The fourth-order valence-corrected chi connectivity index (χ4v) is 3.37. The number of amides is 1. The number of hydrogen-bond acceptors (Lipinski definition) is 7. The van der Waals surface area contributed by atoms with Gasteiger partial charge < -0.3 is 19.5 Å². The quantitative estimate of drug-likeness (QED) is 0.214. The van der Waals surface area contributed by atoms with Gasteiger partial charge >= 0.3 is 11.9 Å². The van der Waals surface area contributed by atoms with E-state index < -0.39 is 17.8 Å². The third kappa shape index (κ3) is 12.6. The third-order valence-corrected chi connectivity index (χ3v) is 5.41. The Balaban J connectivity index is 2.39. The molecule has 0 radical (unpaired) electrons. The summed E-state index contributed by atoms with van der Waals surface area (Å²) in [5, 5.41) is 2.48. The topological polar surface area (TPSA) is 104 Å². The average Bonchev–Trinajstić information content (AvgIpc) is 2.85. The van der Waals surface area contributed by atoms with Crippen molar-refractivity contribution in [2.45, 2.75) is 90.9 Å². The minimum Gasteiger partial charge on any atom is -0.494 e. The molecule has 0 saturated carbocycles. The normalized spacial score (nSPS) is 10.6. The lowest BCUT2D eigenvalue weighted by atomic mass is 10.1. The summed E-state index contributed by atoms with van der Waals surface area (Å²) in [6.45, 7) is 4.77. The highest BCUT2D eigenvalue weighted by molar-refractivity contribution is 5.98. The predicted molar refractivity (Wildman–Crippen MR) is 131 cm³/mol. The Morgan fingerprint density at radius 1 is 0.824 bits per heavy atom. The largest absolute Gasteiger partial charge is 0.494 e. The van der Waals surface area contributed by atoms with Crippen molar-refractivity contribution >= 4 is 17.8 Å². The first kappa shape index (κ1) is 29.4. The second-order valence-corrected chi connectivity index (χ2v) is 8.35. The number of esters is 2. The van der Waals surface area contributed by atoms with Gasteiger partial charge in [-0.2, -0.15) is 0 Å². The lowest BCUT2D eigenvalue weighted by Crippen LogP contribution is -2.31. The highest BCUT2D eigenvalue weighted by Gasteiger charge is 2.19. The van der Waals surface area contributed by atoms with Crippen LogP contribution in [-0.4, -0.2) is 49.7 Å². The molecule has 1 rings (SSSR count). The summed E-state index contributed by atoms with van der Waals surface area (Å²) in [7, 11) is 1.38. The molecule has 0 spiro atoms. The van der Waals surface area contributed by atoms with E-state index in [1.165, 1.54) is 57.9 Å². The summed E-state index contributed by atoms with van der Waals surface area (Å²) < 4.78 is 15.7. The van der Waals surface area contributed by atoms with Crippen LogP contribution in [0.5, 0.6) is 5.75 Å². The summed E-state index contributed by atoms with van der Waals surface area (Å²) in [5.41, 5.74) is 0.191. The smallest absolute Gasteiger partial charge is 0.339 e. The fraction of sp³-hybridized carbons (Fsp3) is 0.692. The number of unbranched alkanes of at least 4 members (excludes halogenated alkanes) is 10. The van der Waals surface area contributed by atoms with Gasteiger partial charge in [0.1, 0.15) is 6.54 Å². The zero-order valence-electron chi connectivity index (χ0n) is 21.2. The first-order valence-electron chi connectivity index (χ1n) is 12.7. The molecule has 0 unspecified atom stereocenters. The van der Waals surface area contributed by atoms with Crippen LogP contribution in [0.25, 0.3) is 0 Å². The first-order valence-corrected chi connectivity index (χ1v) is 12.7. The summed E-state index contributed by atoms with van der Waals surface area (Å²) in [6, 6.07) is 1.42. The van der Waals surface area contributed by atoms with Crippen LogP contribution in [0.1, 0.15) is 112 Å². The molecule has 0 aromatic carbocycles. The van der Waals surface area contributed by atoms with E-state index in [1.807, 2.05) is 0 Å². The minimum atomic E-state index is -0.583. The maximum absolute atomic E-state index is 12.4. The van der Waals surface area contributed by atoms with Crippen molar-refractivity contribution in [1.29, 1.82) is 0 Å². The summed E-state index contributed by atoms with van der Waals surface area (Å²) in [5.74, 6) is -1.47. The van der Waals surface area contributed by atoms with Crippen molar-refractivity contribution in [3.05, 3.63) is 23.5 Å². The van der Waals surface area contributed by atoms with E-state index in [2.05, 4.69) is 24.1 Å². The van der Waals surface area contributed by atoms with Crippen LogP contribution in [0.15, 0.2) is 12.3 Å². The number of aromatic nitrogens is 1. The number of hydrogen-bond donors (Lipinski definition) is 1. The Bertz CT molecular complexity index is 738. The molecule has 0 atom stereocenters. The van der Waals surface area contributed by atoms with Crippen LogP contribution < -0.4 is 10.1 Å². The molecule has 8 nitrogen and oxygen atoms in total.